The lowest BCUT2D eigenvalue weighted by Gasteiger charge is -2.04. The van der Waals surface area contributed by atoms with Crippen molar-refractivity contribution in [1.29, 1.82) is 0 Å². The molecular formula is C17H11BrFNO5. The number of halogens is 2. The third kappa shape index (κ3) is 3.20. The number of primary amides is 1. The van der Waals surface area contributed by atoms with Crippen LogP contribution in [0.4, 0.5) is 9.18 Å². The van der Waals surface area contributed by atoms with Crippen LogP contribution in [0.15, 0.2) is 45.3 Å². The summed E-state index contributed by atoms with van der Waals surface area (Å²) in [6.07, 6.45) is -1.24. The van der Waals surface area contributed by atoms with Gasteiger partial charge in [-0.3, -0.25) is 0 Å². The van der Waals surface area contributed by atoms with Crippen molar-refractivity contribution in [3.63, 3.8) is 0 Å². The molecule has 0 spiro atoms. The molecule has 0 fully saturated rings. The summed E-state index contributed by atoms with van der Waals surface area (Å²) >= 11 is 3.33. The molecule has 3 rings (SSSR count). The van der Waals surface area contributed by atoms with E-state index < -0.39 is 17.9 Å². The molecule has 0 bridgehead atoms. The number of rotatable bonds is 3. The van der Waals surface area contributed by atoms with Crippen molar-refractivity contribution in [3.05, 3.63) is 52.3 Å². The number of fused-ring (bicyclic) bond motifs is 1. The fourth-order valence-electron chi connectivity index (χ4n) is 2.40. The number of benzene rings is 2. The highest BCUT2D eigenvalue weighted by Crippen LogP contribution is 2.39. The van der Waals surface area contributed by atoms with E-state index in [1.807, 2.05) is 0 Å². The number of furan rings is 1. The minimum Gasteiger partial charge on any atom is -0.496 e. The molecule has 2 aromatic carbocycles. The summed E-state index contributed by atoms with van der Waals surface area (Å²) in [4.78, 5) is 23.3. The molecule has 0 aliphatic heterocycles. The van der Waals surface area contributed by atoms with E-state index in [4.69, 9.17) is 14.9 Å². The van der Waals surface area contributed by atoms with Crippen LogP contribution in [0.3, 0.4) is 0 Å². The maximum absolute atomic E-state index is 13.2. The van der Waals surface area contributed by atoms with E-state index in [-0.39, 0.29) is 11.3 Å². The average molecular weight is 408 g/mol. The zero-order chi connectivity index (χ0) is 18.1. The van der Waals surface area contributed by atoms with E-state index in [9.17, 15) is 14.0 Å². The van der Waals surface area contributed by atoms with Gasteiger partial charge in [0.25, 0.3) is 0 Å². The van der Waals surface area contributed by atoms with Gasteiger partial charge < -0.3 is 19.6 Å². The first kappa shape index (κ1) is 17.0. The molecule has 1 heterocycles. The zero-order valence-electron chi connectivity index (χ0n) is 12.8. The maximum Gasteiger partial charge on any atom is 0.412 e. The molecule has 25 heavy (non-hydrogen) atoms. The molecule has 1 aromatic heterocycles. The number of esters is 1. The van der Waals surface area contributed by atoms with Crippen LogP contribution in [0.5, 0.6) is 5.75 Å². The first-order valence-corrected chi connectivity index (χ1v) is 7.77. The predicted octanol–water partition coefficient (Wildman–Crippen LogP) is 4.25. The van der Waals surface area contributed by atoms with Gasteiger partial charge in [0.05, 0.1) is 11.6 Å². The molecular weight excluding hydrogens is 397 g/mol. The molecule has 8 heteroatoms. The van der Waals surface area contributed by atoms with Crippen molar-refractivity contribution in [1.82, 2.24) is 0 Å². The molecule has 0 atom stereocenters. The highest BCUT2D eigenvalue weighted by molar-refractivity contribution is 9.10. The molecule has 0 unspecified atom stereocenters. The Morgan fingerprint density at radius 1 is 1.20 bits per heavy atom. The summed E-state index contributed by atoms with van der Waals surface area (Å²) in [6.45, 7) is 0. The van der Waals surface area contributed by atoms with Gasteiger partial charge in [0.2, 0.25) is 0 Å². The topological polar surface area (TPSA) is 91.8 Å². The summed E-state index contributed by atoms with van der Waals surface area (Å²) in [7, 11) is 1.47. The molecule has 2 N–H and O–H groups in total. The van der Waals surface area contributed by atoms with Crippen LogP contribution in [0.1, 0.15) is 10.4 Å². The monoisotopic (exact) mass is 407 g/mol. The number of nitrogens with two attached hydrogens (primary N) is 1. The summed E-state index contributed by atoms with van der Waals surface area (Å²) in [5.41, 5.74) is 5.71. The normalized spacial score (nSPS) is 10.7. The summed E-state index contributed by atoms with van der Waals surface area (Å²) in [5.74, 6) is -0.839. The van der Waals surface area contributed by atoms with E-state index in [0.717, 1.165) is 0 Å². The molecule has 0 aliphatic carbocycles. The highest BCUT2D eigenvalue weighted by atomic mass is 79.9. The number of hydrogen-bond donors (Lipinski definition) is 1. The Hall–Kier alpha value is -2.87. The van der Waals surface area contributed by atoms with E-state index in [2.05, 4.69) is 20.7 Å². The molecule has 6 nitrogen and oxygen atoms in total. The fraction of sp³-hybridized carbons (Fsp3) is 0.0588. The molecule has 0 saturated carbocycles. The Morgan fingerprint density at radius 3 is 2.48 bits per heavy atom. The quantitative estimate of drug-likeness (QED) is 0.517. The summed E-state index contributed by atoms with van der Waals surface area (Å²) in [5, 5.41) is 0.366. The number of methoxy groups -OCH3 is 1. The summed E-state index contributed by atoms with van der Waals surface area (Å²) < 4.78 is 29.3. The third-order valence-electron chi connectivity index (χ3n) is 3.47. The van der Waals surface area contributed by atoms with Crippen molar-refractivity contribution < 1.29 is 27.9 Å². The minimum absolute atomic E-state index is 0.00814. The van der Waals surface area contributed by atoms with Gasteiger partial charge in [0.15, 0.2) is 0 Å². The number of hydrogen-bond acceptors (Lipinski definition) is 5. The molecule has 1 amide bonds. The lowest BCUT2D eigenvalue weighted by molar-refractivity contribution is 0.0640. The van der Waals surface area contributed by atoms with Gasteiger partial charge in [-0.1, -0.05) is 0 Å². The van der Waals surface area contributed by atoms with Crippen molar-refractivity contribution in [2.45, 2.75) is 0 Å². The molecule has 0 saturated heterocycles. The van der Waals surface area contributed by atoms with Crippen LogP contribution >= 0.6 is 15.9 Å². The number of carbonyl (C=O) groups is 2. The highest BCUT2D eigenvalue weighted by Gasteiger charge is 2.26. The van der Waals surface area contributed by atoms with Crippen molar-refractivity contribution >= 4 is 39.0 Å². The second-order valence-corrected chi connectivity index (χ2v) is 5.86. The molecule has 128 valence electrons. The van der Waals surface area contributed by atoms with E-state index in [1.165, 1.54) is 31.4 Å². The Balaban J connectivity index is 2.29. The SMILES string of the molecule is COc1cc2c(C(=O)OC(N)=O)c(-c3ccc(F)cc3)oc2cc1Br. The van der Waals surface area contributed by atoms with Crippen LogP contribution in [0.25, 0.3) is 22.3 Å². The van der Waals surface area contributed by atoms with Crippen molar-refractivity contribution in [2.24, 2.45) is 5.73 Å². The van der Waals surface area contributed by atoms with Crippen molar-refractivity contribution in [3.8, 4) is 17.1 Å². The largest absolute Gasteiger partial charge is 0.496 e. The number of amides is 1. The van der Waals surface area contributed by atoms with Gasteiger partial charge in [0, 0.05) is 10.9 Å². The Bertz CT molecular complexity index is 981. The van der Waals surface area contributed by atoms with Crippen LogP contribution < -0.4 is 10.5 Å². The second-order valence-electron chi connectivity index (χ2n) is 5.00. The fourth-order valence-corrected chi connectivity index (χ4v) is 2.89. The first-order chi connectivity index (χ1) is 11.9. The standard InChI is InChI=1S/C17H11BrFNO5/c1-23-13-6-10-12(7-11(13)18)24-15(8-2-4-9(19)5-3-8)14(10)16(21)25-17(20)22/h2-7H,1H3,(H2,20,22). The first-order valence-electron chi connectivity index (χ1n) is 6.98. The van der Waals surface area contributed by atoms with Gasteiger partial charge >= 0.3 is 12.1 Å². The van der Waals surface area contributed by atoms with Crippen molar-refractivity contribution in [2.75, 3.05) is 7.11 Å². The Kier molecular flexibility index (Phi) is 4.45. The van der Waals surface area contributed by atoms with Crippen LogP contribution in [-0.4, -0.2) is 19.2 Å². The predicted molar refractivity (Wildman–Crippen MR) is 90.9 cm³/mol. The molecule has 0 aliphatic rings. The van der Waals surface area contributed by atoms with Gasteiger partial charge in [-0.05, 0) is 52.3 Å². The lowest BCUT2D eigenvalue weighted by atomic mass is 10.1. The van der Waals surface area contributed by atoms with Crippen LogP contribution in [0, 0.1) is 5.82 Å². The van der Waals surface area contributed by atoms with Crippen LogP contribution in [0.2, 0.25) is 0 Å². The van der Waals surface area contributed by atoms with E-state index >= 15 is 0 Å². The van der Waals surface area contributed by atoms with E-state index in [1.54, 1.807) is 12.1 Å². The molecule has 3 aromatic rings. The average Bonchev–Trinajstić information content (AvgIpc) is 2.92. The van der Waals surface area contributed by atoms with E-state index in [0.29, 0.717) is 26.8 Å². The number of carbonyl (C=O) groups excluding carboxylic acids is 2. The maximum atomic E-state index is 13.2. The Morgan fingerprint density at radius 2 is 1.88 bits per heavy atom. The van der Waals surface area contributed by atoms with Gasteiger partial charge in [0.1, 0.15) is 28.5 Å². The smallest absolute Gasteiger partial charge is 0.412 e. The van der Waals surface area contributed by atoms with Gasteiger partial charge in [-0.15, -0.1) is 0 Å². The lowest BCUT2D eigenvalue weighted by Crippen LogP contribution is -2.18. The minimum atomic E-state index is -1.24. The summed E-state index contributed by atoms with van der Waals surface area (Å²) in [6, 6.07) is 8.51. The zero-order valence-corrected chi connectivity index (χ0v) is 14.4. The van der Waals surface area contributed by atoms with Crippen LogP contribution in [-0.2, 0) is 4.74 Å². The number of ether oxygens (including phenoxy) is 2. The Labute approximate surface area is 149 Å². The third-order valence-corrected chi connectivity index (χ3v) is 4.09. The second kappa shape index (κ2) is 6.56. The van der Waals surface area contributed by atoms with Gasteiger partial charge in [-0.25, -0.2) is 14.0 Å². The molecule has 0 radical (unpaired) electrons. The van der Waals surface area contributed by atoms with Gasteiger partial charge in [-0.2, -0.15) is 0 Å².